The lowest BCUT2D eigenvalue weighted by Gasteiger charge is -1.97. The van der Waals surface area contributed by atoms with Gasteiger partial charge < -0.3 is 0 Å². The molecule has 0 bridgehead atoms. The van der Waals surface area contributed by atoms with Gasteiger partial charge in [-0.25, -0.2) is 9.97 Å². The van der Waals surface area contributed by atoms with Gasteiger partial charge in [-0.15, -0.1) is 0 Å². The Morgan fingerprint density at radius 2 is 0.955 bits per heavy atom. The first-order valence-corrected chi connectivity index (χ1v) is 7.12. The van der Waals surface area contributed by atoms with Crippen molar-refractivity contribution in [1.82, 2.24) is 9.97 Å². The van der Waals surface area contributed by atoms with Crippen LogP contribution in [0.1, 0.15) is 11.4 Å². The molecule has 0 spiro atoms. The molecule has 22 heavy (non-hydrogen) atoms. The second-order valence-electron chi connectivity index (χ2n) is 5.03. The van der Waals surface area contributed by atoms with Crippen molar-refractivity contribution in [3.63, 3.8) is 0 Å². The summed E-state index contributed by atoms with van der Waals surface area (Å²) < 4.78 is 0. The zero-order valence-electron chi connectivity index (χ0n) is 11.8. The quantitative estimate of drug-likeness (QED) is 0.451. The largest absolute Gasteiger partial charge is 0.239 e. The van der Waals surface area contributed by atoms with Crippen LogP contribution < -0.4 is 0 Å². The standard InChI is InChI=1S/C20H12N2/c1-3-7-19-15(5-1)9-11-17(21-19)13-14-18-12-10-16-6-2-4-8-20(16)22-18/h1-12H. The summed E-state index contributed by atoms with van der Waals surface area (Å²) in [6.07, 6.45) is 0. The molecule has 0 aliphatic rings. The predicted molar refractivity (Wildman–Crippen MR) is 89.5 cm³/mol. The van der Waals surface area contributed by atoms with E-state index in [-0.39, 0.29) is 0 Å². The minimum absolute atomic E-state index is 0.758. The molecule has 4 aromatic rings. The molecule has 2 nitrogen and oxygen atoms in total. The van der Waals surface area contributed by atoms with Crippen molar-refractivity contribution in [2.45, 2.75) is 0 Å². The third-order valence-electron chi connectivity index (χ3n) is 3.52. The fraction of sp³-hybridized carbons (Fsp3) is 0. The Hall–Kier alpha value is -3.18. The van der Waals surface area contributed by atoms with E-state index in [1.54, 1.807) is 0 Å². The molecule has 102 valence electrons. The highest BCUT2D eigenvalue weighted by Gasteiger charge is 1.96. The number of para-hydroxylation sites is 2. The number of rotatable bonds is 0. The first-order valence-electron chi connectivity index (χ1n) is 7.12. The molecule has 0 radical (unpaired) electrons. The van der Waals surface area contributed by atoms with Gasteiger partial charge in [0.25, 0.3) is 0 Å². The van der Waals surface area contributed by atoms with Crippen molar-refractivity contribution in [2.24, 2.45) is 0 Å². The summed E-state index contributed by atoms with van der Waals surface area (Å²) in [6.45, 7) is 0. The van der Waals surface area contributed by atoms with Gasteiger partial charge in [0.1, 0.15) is 11.4 Å². The van der Waals surface area contributed by atoms with Crippen molar-refractivity contribution < 1.29 is 0 Å². The smallest absolute Gasteiger partial charge is 0.114 e. The number of pyridine rings is 2. The molecule has 0 unspecified atom stereocenters. The minimum atomic E-state index is 0.758. The topological polar surface area (TPSA) is 25.8 Å². The molecule has 0 N–H and O–H groups in total. The van der Waals surface area contributed by atoms with Crippen LogP contribution in [0.4, 0.5) is 0 Å². The highest BCUT2D eigenvalue weighted by atomic mass is 14.7. The van der Waals surface area contributed by atoms with E-state index in [1.807, 2.05) is 72.8 Å². The molecular formula is C20H12N2. The van der Waals surface area contributed by atoms with E-state index >= 15 is 0 Å². The average Bonchev–Trinajstić information content (AvgIpc) is 2.59. The summed E-state index contributed by atoms with van der Waals surface area (Å²) in [6, 6.07) is 24.0. The lowest BCUT2D eigenvalue weighted by molar-refractivity contribution is 1.34. The summed E-state index contributed by atoms with van der Waals surface area (Å²) >= 11 is 0. The van der Waals surface area contributed by atoms with Crippen molar-refractivity contribution in [2.75, 3.05) is 0 Å². The molecular weight excluding hydrogens is 268 g/mol. The Morgan fingerprint density at radius 3 is 1.45 bits per heavy atom. The van der Waals surface area contributed by atoms with Crippen LogP contribution in [0.15, 0.2) is 72.8 Å². The molecule has 0 saturated heterocycles. The van der Waals surface area contributed by atoms with Crippen LogP contribution in [0, 0.1) is 11.8 Å². The van der Waals surface area contributed by atoms with Crippen LogP contribution in [-0.2, 0) is 0 Å². The van der Waals surface area contributed by atoms with Gasteiger partial charge in [0.2, 0.25) is 0 Å². The van der Waals surface area contributed by atoms with E-state index in [4.69, 9.17) is 0 Å². The lowest BCUT2D eigenvalue weighted by atomic mass is 10.2. The van der Waals surface area contributed by atoms with Crippen molar-refractivity contribution in [3.8, 4) is 11.8 Å². The number of nitrogens with zero attached hydrogens (tertiary/aromatic N) is 2. The van der Waals surface area contributed by atoms with E-state index in [2.05, 4.69) is 21.8 Å². The molecule has 0 aliphatic heterocycles. The van der Waals surface area contributed by atoms with Gasteiger partial charge in [0, 0.05) is 10.8 Å². The summed E-state index contributed by atoms with van der Waals surface area (Å²) in [7, 11) is 0. The Kier molecular flexibility index (Phi) is 3.03. The highest BCUT2D eigenvalue weighted by Crippen LogP contribution is 2.12. The minimum Gasteiger partial charge on any atom is -0.239 e. The van der Waals surface area contributed by atoms with Crippen LogP contribution >= 0.6 is 0 Å². The normalized spacial score (nSPS) is 10.4. The van der Waals surface area contributed by atoms with Crippen molar-refractivity contribution in [1.29, 1.82) is 0 Å². The summed E-state index contributed by atoms with van der Waals surface area (Å²) in [5, 5.41) is 2.24. The van der Waals surface area contributed by atoms with Crippen LogP contribution in [0.3, 0.4) is 0 Å². The number of hydrogen-bond donors (Lipinski definition) is 0. The maximum absolute atomic E-state index is 4.55. The van der Waals surface area contributed by atoms with Crippen LogP contribution in [0.2, 0.25) is 0 Å². The predicted octanol–water partition coefficient (Wildman–Crippen LogP) is 4.18. The first-order chi connectivity index (χ1) is 10.9. The van der Waals surface area contributed by atoms with Gasteiger partial charge in [-0.1, -0.05) is 48.5 Å². The Bertz CT molecular complexity index is 956. The van der Waals surface area contributed by atoms with E-state index in [1.165, 1.54) is 0 Å². The van der Waals surface area contributed by atoms with Gasteiger partial charge in [-0.3, -0.25) is 0 Å². The maximum Gasteiger partial charge on any atom is 0.114 e. The first kappa shape index (κ1) is 12.6. The number of fused-ring (bicyclic) bond motifs is 2. The van der Waals surface area contributed by atoms with Crippen molar-refractivity contribution in [3.05, 3.63) is 84.2 Å². The second-order valence-corrected chi connectivity index (χ2v) is 5.03. The molecule has 0 atom stereocenters. The fourth-order valence-corrected chi connectivity index (χ4v) is 2.40. The van der Waals surface area contributed by atoms with E-state index < -0.39 is 0 Å². The molecule has 2 aromatic carbocycles. The summed E-state index contributed by atoms with van der Waals surface area (Å²) in [4.78, 5) is 9.10. The third-order valence-corrected chi connectivity index (χ3v) is 3.52. The summed E-state index contributed by atoms with van der Waals surface area (Å²) in [5.74, 6) is 6.19. The Balaban J connectivity index is 1.73. The van der Waals surface area contributed by atoms with Gasteiger partial charge in [-0.05, 0) is 36.1 Å². The molecule has 0 amide bonds. The molecule has 2 heterocycles. The SMILES string of the molecule is C(#Cc1ccc2ccccc2n1)c1ccc2ccccc2n1. The molecule has 0 aliphatic carbocycles. The molecule has 4 rings (SSSR count). The summed E-state index contributed by atoms with van der Waals surface area (Å²) in [5.41, 5.74) is 3.43. The van der Waals surface area contributed by atoms with Gasteiger partial charge in [0.15, 0.2) is 0 Å². The van der Waals surface area contributed by atoms with Gasteiger partial charge in [0.05, 0.1) is 11.0 Å². The molecule has 0 fully saturated rings. The monoisotopic (exact) mass is 280 g/mol. The Labute approximate surface area is 128 Å². The zero-order chi connectivity index (χ0) is 14.8. The van der Waals surface area contributed by atoms with Crippen LogP contribution in [0.25, 0.3) is 21.8 Å². The third kappa shape index (κ3) is 2.41. The Morgan fingerprint density at radius 1 is 0.500 bits per heavy atom. The molecule has 2 aromatic heterocycles. The average molecular weight is 280 g/mol. The molecule has 2 heteroatoms. The van der Waals surface area contributed by atoms with Gasteiger partial charge in [-0.2, -0.15) is 0 Å². The maximum atomic E-state index is 4.55. The highest BCUT2D eigenvalue weighted by molar-refractivity contribution is 5.79. The second kappa shape index (κ2) is 5.31. The van der Waals surface area contributed by atoms with Crippen LogP contribution in [-0.4, -0.2) is 9.97 Å². The van der Waals surface area contributed by atoms with E-state index in [0.29, 0.717) is 0 Å². The zero-order valence-corrected chi connectivity index (χ0v) is 11.8. The van der Waals surface area contributed by atoms with E-state index in [0.717, 1.165) is 33.2 Å². The van der Waals surface area contributed by atoms with Crippen LogP contribution in [0.5, 0.6) is 0 Å². The molecule has 0 saturated carbocycles. The fourth-order valence-electron chi connectivity index (χ4n) is 2.40. The number of benzene rings is 2. The van der Waals surface area contributed by atoms with Crippen molar-refractivity contribution >= 4 is 21.8 Å². The lowest BCUT2D eigenvalue weighted by Crippen LogP contribution is -1.86. The van der Waals surface area contributed by atoms with Gasteiger partial charge >= 0.3 is 0 Å². The number of hydrogen-bond acceptors (Lipinski definition) is 2. The van der Waals surface area contributed by atoms with E-state index in [9.17, 15) is 0 Å². The number of aromatic nitrogens is 2.